The van der Waals surface area contributed by atoms with E-state index in [2.05, 4.69) is 10.3 Å². The molecule has 0 bridgehead atoms. The minimum Gasteiger partial charge on any atom is -0.391 e. The van der Waals surface area contributed by atoms with E-state index in [1.807, 2.05) is 6.92 Å². The molecule has 0 radical (unpaired) electrons. The van der Waals surface area contributed by atoms with E-state index in [0.29, 0.717) is 28.8 Å². The van der Waals surface area contributed by atoms with Crippen molar-refractivity contribution in [1.82, 2.24) is 10.3 Å². The number of aliphatic hydroxyl groups is 1. The fraction of sp³-hybridized carbons (Fsp3) is 0.444. The van der Waals surface area contributed by atoms with Gasteiger partial charge in [0.1, 0.15) is 5.82 Å². The number of nitrogens with zero attached hydrogens (tertiary/aromatic N) is 1. The van der Waals surface area contributed by atoms with Gasteiger partial charge < -0.3 is 10.4 Å². The number of amides is 1. The maximum Gasteiger partial charge on any atom is 0.252 e. The zero-order valence-electron chi connectivity index (χ0n) is 13.2. The van der Waals surface area contributed by atoms with Crippen molar-refractivity contribution in [3.63, 3.8) is 0 Å². The van der Waals surface area contributed by atoms with Crippen LogP contribution in [-0.2, 0) is 0 Å². The predicted octanol–water partition coefficient (Wildman–Crippen LogP) is 3.14. The molecule has 1 aromatic carbocycles. The van der Waals surface area contributed by atoms with Gasteiger partial charge in [-0.2, -0.15) is 0 Å². The lowest BCUT2D eigenvalue weighted by Gasteiger charge is -2.13. The Hall–Kier alpha value is -2.01. The second kappa shape index (κ2) is 6.62. The summed E-state index contributed by atoms with van der Waals surface area (Å²) in [6, 6.07) is 6.08. The lowest BCUT2D eigenvalue weighted by Crippen LogP contribution is -2.32. The van der Waals surface area contributed by atoms with Crippen molar-refractivity contribution in [2.75, 3.05) is 6.54 Å². The average Bonchev–Trinajstić information content (AvgIpc) is 3.37. The monoisotopic (exact) mass is 316 g/mol. The molecule has 4 nitrogen and oxygen atoms in total. The third kappa shape index (κ3) is 3.67. The summed E-state index contributed by atoms with van der Waals surface area (Å²) in [7, 11) is 0. The number of pyridine rings is 1. The van der Waals surface area contributed by atoms with Crippen molar-refractivity contribution < 1.29 is 14.3 Å². The molecule has 1 heterocycles. The van der Waals surface area contributed by atoms with E-state index in [-0.39, 0.29) is 12.5 Å². The van der Waals surface area contributed by atoms with Crippen molar-refractivity contribution in [2.45, 2.75) is 44.6 Å². The van der Waals surface area contributed by atoms with Crippen LogP contribution in [0.2, 0.25) is 0 Å². The Bertz CT molecular complexity index is 728. The Kier molecular flexibility index (Phi) is 4.57. The summed E-state index contributed by atoms with van der Waals surface area (Å²) in [6.07, 6.45) is 3.09. The lowest BCUT2D eigenvalue weighted by atomic mass is 10.0. The quantitative estimate of drug-likeness (QED) is 0.860. The van der Waals surface area contributed by atoms with Gasteiger partial charge in [0.15, 0.2) is 0 Å². The molecule has 0 spiro atoms. The van der Waals surface area contributed by atoms with Crippen molar-refractivity contribution >= 4 is 16.8 Å². The fourth-order valence-corrected chi connectivity index (χ4v) is 2.74. The van der Waals surface area contributed by atoms with Crippen LogP contribution < -0.4 is 5.32 Å². The molecule has 122 valence electrons. The van der Waals surface area contributed by atoms with Crippen molar-refractivity contribution in [3.05, 3.63) is 41.3 Å². The highest BCUT2D eigenvalue weighted by molar-refractivity contribution is 6.06. The molecule has 1 aliphatic rings. The zero-order valence-corrected chi connectivity index (χ0v) is 13.2. The van der Waals surface area contributed by atoms with Crippen molar-refractivity contribution in [3.8, 4) is 0 Å². The Labute approximate surface area is 134 Å². The molecule has 2 N–H and O–H groups in total. The second-order valence-electron chi connectivity index (χ2n) is 6.18. The van der Waals surface area contributed by atoms with Gasteiger partial charge in [-0.15, -0.1) is 0 Å². The van der Waals surface area contributed by atoms with E-state index in [1.165, 1.54) is 12.1 Å². The fourth-order valence-electron chi connectivity index (χ4n) is 2.74. The molecule has 1 amide bonds. The molecule has 5 heteroatoms. The van der Waals surface area contributed by atoms with Gasteiger partial charge in [0.25, 0.3) is 5.91 Å². The third-order valence-corrected chi connectivity index (χ3v) is 4.15. The summed E-state index contributed by atoms with van der Waals surface area (Å²) >= 11 is 0. The second-order valence-corrected chi connectivity index (χ2v) is 6.18. The van der Waals surface area contributed by atoms with Crippen LogP contribution in [0.1, 0.15) is 54.6 Å². The number of benzene rings is 1. The Morgan fingerprint density at radius 2 is 2.22 bits per heavy atom. The smallest absolute Gasteiger partial charge is 0.252 e. The molecule has 1 aliphatic carbocycles. The van der Waals surface area contributed by atoms with E-state index in [9.17, 15) is 14.3 Å². The van der Waals surface area contributed by atoms with Gasteiger partial charge in [-0.05, 0) is 43.5 Å². The molecule has 2 aromatic rings. The molecule has 1 aromatic heterocycles. The SMILES string of the molecule is CCCC(O)CNC(=O)c1cc(C2CC2)nc2ccc(F)cc12. The number of nitrogens with one attached hydrogen (secondary N) is 1. The van der Waals surface area contributed by atoms with Crippen LogP contribution in [0.4, 0.5) is 4.39 Å². The largest absolute Gasteiger partial charge is 0.391 e. The van der Waals surface area contributed by atoms with Gasteiger partial charge >= 0.3 is 0 Å². The molecule has 0 aliphatic heterocycles. The summed E-state index contributed by atoms with van der Waals surface area (Å²) < 4.78 is 13.6. The maximum absolute atomic E-state index is 13.6. The number of carbonyl (C=O) groups is 1. The minimum absolute atomic E-state index is 0.199. The van der Waals surface area contributed by atoms with Crippen LogP contribution >= 0.6 is 0 Å². The standard InChI is InChI=1S/C18H21FN2O2/c1-2-3-13(22)10-20-18(23)15-9-17(11-4-5-11)21-16-7-6-12(19)8-14(15)16/h6-9,11,13,22H,2-5,10H2,1H3,(H,20,23). The maximum atomic E-state index is 13.6. The first-order valence-corrected chi connectivity index (χ1v) is 8.15. The van der Waals surface area contributed by atoms with E-state index >= 15 is 0 Å². The Morgan fingerprint density at radius 1 is 1.43 bits per heavy atom. The number of aliphatic hydroxyl groups excluding tert-OH is 1. The zero-order chi connectivity index (χ0) is 16.4. The van der Waals surface area contributed by atoms with E-state index in [0.717, 1.165) is 25.0 Å². The van der Waals surface area contributed by atoms with Crippen LogP contribution in [-0.4, -0.2) is 28.6 Å². The number of hydrogen-bond acceptors (Lipinski definition) is 3. The number of hydrogen-bond donors (Lipinski definition) is 2. The molecular weight excluding hydrogens is 295 g/mol. The highest BCUT2D eigenvalue weighted by Gasteiger charge is 2.27. The van der Waals surface area contributed by atoms with Crippen LogP contribution in [0.15, 0.2) is 24.3 Å². The van der Waals surface area contributed by atoms with Crippen LogP contribution in [0.25, 0.3) is 10.9 Å². The Balaban J connectivity index is 1.90. The van der Waals surface area contributed by atoms with Gasteiger partial charge in [0.2, 0.25) is 0 Å². The molecule has 1 unspecified atom stereocenters. The molecule has 3 rings (SSSR count). The summed E-state index contributed by atoms with van der Waals surface area (Å²) in [5.74, 6) is -0.278. The Morgan fingerprint density at radius 3 is 2.91 bits per heavy atom. The highest BCUT2D eigenvalue weighted by atomic mass is 19.1. The van der Waals surface area contributed by atoms with E-state index in [1.54, 1.807) is 12.1 Å². The van der Waals surface area contributed by atoms with Gasteiger partial charge in [-0.25, -0.2) is 4.39 Å². The molecular formula is C18H21FN2O2. The average molecular weight is 316 g/mol. The molecule has 23 heavy (non-hydrogen) atoms. The van der Waals surface area contributed by atoms with Gasteiger partial charge in [0.05, 0.1) is 17.2 Å². The first-order chi connectivity index (χ1) is 11.1. The van der Waals surface area contributed by atoms with Gasteiger partial charge in [0, 0.05) is 23.5 Å². The molecule has 1 saturated carbocycles. The number of rotatable bonds is 6. The van der Waals surface area contributed by atoms with Crippen LogP contribution in [0.5, 0.6) is 0 Å². The van der Waals surface area contributed by atoms with Crippen molar-refractivity contribution in [2.24, 2.45) is 0 Å². The summed E-state index contributed by atoms with van der Waals surface area (Å²) in [5.41, 5.74) is 1.96. The first kappa shape index (κ1) is 15.9. The van der Waals surface area contributed by atoms with Gasteiger partial charge in [-0.1, -0.05) is 13.3 Å². The van der Waals surface area contributed by atoms with Crippen LogP contribution in [0.3, 0.4) is 0 Å². The topological polar surface area (TPSA) is 62.2 Å². The summed E-state index contributed by atoms with van der Waals surface area (Å²) in [4.78, 5) is 17.1. The van der Waals surface area contributed by atoms with E-state index in [4.69, 9.17) is 0 Å². The van der Waals surface area contributed by atoms with Crippen LogP contribution in [0, 0.1) is 5.82 Å². The van der Waals surface area contributed by atoms with Crippen molar-refractivity contribution in [1.29, 1.82) is 0 Å². The number of carbonyl (C=O) groups excluding carboxylic acids is 1. The number of halogens is 1. The molecule has 1 fully saturated rings. The van der Waals surface area contributed by atoms with Gasteiger partial charge in [-0.3, -0.25) is 9.78 Å². The first-order valence-electron chi connectivity index (χ1n) is 8.15. The number of aromatic nitrogens is 1. The highest BCUT2D eigenvalue weighted by Crippen LogP contribution is 2.40. The number of fused-ring (bicyclic) bond motifs is 1. The normalized spacial score (nSPS) is 15.6. The van der Waals surface area contributed by atoms with E-state index < -0.39 is 11.9 Å². The minimum atomic E-state index is -0.559. The summed E-state index contributed by atoms with van der Waals surface area (Å²) in [6.45, 7) is 2.18. The molecule has 0 saturated heterocycles. The predicted molar refractivity (Wildman–Crippen MR) is 86.9 cm³/mol. The lowest BCUT2D eigenvalue weighted by molar-refractivity contribution is 0.0911. The summed E-state index contributed by atoms with van der Waals surface area (Å²) in [5, 5.41) is 13.0. The third-order valence-electron chi connectivity index (χ3n) is 4.15. The molecule has 1 atom stereocenters.